The lowest BCUT2D eigenvalue weighted by Gasteiger charge is -2.04. The summed E-state index contributed by atoms with van der Waals surface area (Å²) in [5.41, 5.74) is 11.5. The molecule has 4 aromatic rings. The Morgan fingerprint density at radius 3 is 2.70 bits per heavy atom. The molecular weight excluding hydrogens is 385 g/mol. The number of anilines is 1. The fourth-order valence-corrected chi connectivity index (χ4v) is 3.84. The molecule has 0 aliphatic heterocycles. The summed E-state index contributed by atoms with van der Waals surface area (Å²) in [5, 5.41) is 10.9. The molecule has 0 saturated carbocycles. The summed E-state index contributed by atoms with van der Waals surface area (Å²) in [6.45, 7) is 4.12. The number of aromatic nitrogens is 4. The number of hydrogen-bond donors (Lipinski definition) is 1. The predicted molar refractivity (Wildman–Crippen MR) is 107 cm³/mol. The van der Waals surface area contributed by atoms with Gasteiger partial charge in [0, 0.05) is 10.9 Å². The molecule has 0 amide bonds. The average Bonchev–Trinajstić information content (AvgIpc) is 3.24. The van der Waals surface area contributed by atoms with E-state index in [1.807, 2.05) is 5.38 Å². The van der Waals surface area contributed by atoms with Gasteiger partial charge in [-0.15, -0.1) is 16.4 Å². The van der Waals surface area contributed by atoms with Crippen molar-refractivity contribution in [3.8, 4) is 27.6 Å². The molecule has 8 heteroatoms. The van der Waals surface area contributed by atoms with Crippen LogP contribution in [-0.2, 0) is 0 Å². The quantitative estimate of drug-likeness (QED) is 0.523. The van der Waals surface area contributed by atoms with E-state index in [1.54, 1.807) is 6.07 Å². The average molecular weight is 400 g/mol. The fourth-order valence-electron chi connectivity index (χ4n) is 2.86. The van der Waals surface area contributed by atoms with Crippen LogP contribution in [-0.4, -0.2) is 20.0 Å². The Bertz CT molecular complexity index is 1150. The summed E-state index contributed by atoms with van der Waals surface area (Å²) in [7, 11) is 0. The third-order valence-electron chi connectivity index (χ3n) is 4.22. The Morgan fingerprint density at radius 1 is 1.15 bits per heavy atom. The molecule has 0 saturated heterocycles. The smallest absolute Gasteiger partial charge is 0.165 e. The van der Waals surface area contributed by atoms with Gasteiger partial charge in [0.1, 0.15) is 10.8 Å². The van der Waals surface area contributed by atoms with Crippen molar-refractivity contribution in [3.05, 3.63) is 63.7 Å². The second-order valence-corrected chi connectivity index (χ2v) is 7.46. The molecule has 0 aliphatic carbocycles. The number of halogens is 2. The first-order chi connectivity index (χ1) is 12.9. The predicted octanol–water partition coefficient (Wildman–Crippen LogP) is 5.05. The highest BCUT2D eigenvalue weighted by Crippen LogP contribution is 2.33. The second-order valence-electron chi connectivity index (χ2n) is 6.19. The zero-order valence-electron chi connectivity index (χ0n) is 14.6. The van der Waals surface area contributed by atoms with E-state index in [2.05, 4.69) is 47.3 Å². The van der Waals surface area contributed by atoms with E-state index < -0.39 is 5.82 Å². The summed E-state index contributed by atoms with van der Waals surface area (Å²) in [6, 6.07) is 10.5. The number of benzene rings is 2. The third-order valence-corrected chi connectivity index (χ3v) is 5.36. The molecule has 0 spiro atoms. The fraction of sp³-hybridized carbons (Fsp3) is 0.105. The number of nitrogen functional groups attached to an aromatic ring is 1. The van der Waals surface area contributed by atoms with Gasteiger partial charge in [-0.05, 0) is 37.6 Å². The molecule has 2 aromatic carbocycles. The lowest BCUT2D eigenvalue weighted by Crippen LogP contribution is -2.02. The van der Waals surface area contributed by atoms with Gasteiger partial charge in [0.2, 0.25) is 0 Å². The van der Waals surface area contributed by atoms with Crippen molar-refractivity contribution in [2.24, 2.45) is 0 Å². The van der Waals surface area contributed by atoms with Crippen LogP contribution in [0.5, 0.6) is 0 Å². The van der Waals surface area contributed by atoms with Crippen molar-refractivity contribution >= 4 is 28.8 Å². The Morgan fingerprint density at radius 2 is 1.96 bits per heavy atom. The first-order valence-electron chi connectivity index (χ1n) is 8.14. The van der Waals surface area contributed by atoms with Crippen LogP contribution in [0.25, 0.3) is 27.6 Å². The van der Waals surface area contributed by atoms with Crippen LogP contribution in [0.2, 0.25) is 5.02 Å². The largest absolute Gasteiger partial charge is 0.382 e. The zero-order chi connectivity index (χ0) is 19.1. The minimum absolute atomic E-state index is 0.00432. The molecule has 0 atom stereocenters. The van der Waals surface area contributed by atoms with Crippen LogP contribution in [0.3, 0.4) is 0 Å². The summed E-state index contributed by atoms with van der Waals surface area (Å²) < 4.78 is 14.8. The van der Waals surface area contributed by atoms with Gasteiger partial charge >= 0.3 is 0 Å². The van der Waals surface area contributed by atoms with E-state index >= 15 is 0 Å². The van der Waals surface area contributed by atoms with Crippen LogP contribution in [0.4, 0.5) is 10.2 Å². The molecule has 136 valence electrons. The molecule has 2 aromatic heterocycles. The summed E-state index contributed by atoms with van der Waals surface area (Å²) >= 11 is 7.29. The molecule has 0 aliphatic rings. The third kappa shape index (κ3) is 3.20. The summed E-state index contributed by atoms with van der Waals surface area (Å²) in [4.78, 5) is 4.68. The monoisotopic (exact) mass is 399 g/mol. The first-order valence-corrected chi connectivity index (χ1v) is 9.40. The Balaban J connectivity index is 1.72. The topological polar surface area (TPSA) is 69.6 Å². The van der Waals surface area contributed by atoms with Gasteiger partial charge in [0.05, 0.1) is 16.4 Å². The van der Waals surface area contributed by atoms with Crippen LogP contribution < -0.4 is 5.73 Å². The van der Waals surface area contributed by atoms with Crippen molar-refractivity contribution in [2.75, 3.05) is 5.73 Å². The number of nitrogens with two attached hydrogens (primary N) is 1. The molecule has 4 rings (SSSR count). The molecule has 0 unspecified atom stereocenters. The maximum Gasteiger partial charge on any atom is 0.165 e. The van der Waals surface area contributed by atoms with Gasteiger partial charge in [0.25, 0.3) is 0 Å². The molecule has 27 heavy (non-hydrogen) atoms. The summed E-state index contributed by atoms with van der Waals surface area (Å²) in [6.07, 6.45) is 0. The first kappa shape index (κ1) is 17.6. The molecule has 2 N–H and O–H groups in total. The van der Waals surface area contributed by atoms with E-state index in [0.29, 0.717) is 22.2 Å². The van der Waals surface area contributed by atoms with Gasteiger partial charge in [-0.2, -0.15) is 4.68 Å². The van der Waals surface area contributed by atoms with E-state index in [1.165, 1.54) is 33.7 Å². The number of nitrogens with zero attached hydrogens (tertiary/aromatic N) is 4. The van der Waals surface area contributed by atoms with Crippen molar-refractivity contribution in [1.29, 1.82) is 0 Å². The van der Waals surface area contributed by atoms with Crippen LogP contribution in [0, 0.1) is 19.7 Å². The highest BCUT2D eigenvalue weighted by Gasteiger charge is 2.18. The molecular formula is C19H15ClFN5S. The van der Waals surface area contributed by atoms with E-state index in [9.17, 15) is 4.39 Å². The molecule has 2 heterocycles. The van der Waals surface area contributed by atoms with E-state index in [0.717, 1.165) is 16.8 Å². The second kappa shape index (κ2) is 6.75. The van der Waals surface area contributed by atoms with Crippen molar-refractivity contribution < 1.29 is 4.39 Å². The van der Waals surface area contributed by atoms with Crippen molar-refractivity contribution in [2.45, 2.75) is 13.8 Å². The lowest BCUT2D eigenvalue weighted by molar-refractivity contribution is 0.627. The number of rotatable bonds is 3. The van der Waals surface area contributed by atoms with Crippen molar-refractivity contribution in [1.82, 2.24) is 20.0 Å². The minimum atomic E-state index is -0.502. The van der Waals surface area contributed by atoms with Crippen LogP contribution in [0.15, 0.2) is 41.8 Å². The highest BCUT2D eigenvalue weighted by atomic mass is 35.5. The zero-order valence-corrected chi connectivity index (χ0v) is 16.1. The molecule has 0 fully saturated rings. The van der Waals surface area contributed by atoms with E-state index in [-0.39, 0.29) is 5.02 Å². The highest BCUT2D eigenvalue weighted by molar-refractivity contribution is 7.13. The molecule has 5 nitrogen and oxygen atoms in total. The maximum absolute atomic E-state index is 13.4. The Kier molecular flexibility index (Phi) is 4.41. The van der Waals surface area contributed by atoms with Crippen molar-refractivity contribution in [3.63, 3.8) is 0 Å². The van der Waals surface area contributed by atoms with Gasteiger partial charge in [-0.1, -0.05) is 40.6 Å². The SMILES string of the molecule is Cc1ccc(-c2csc(-c3nnn(-c4ccc(F)c(Cl)c4)c3N)n2)c(C)c1. The number of aryl methyl sites for hydroxylation is 2. The standard InChI is InChI=1S/C19H15ClFN5S/c1-10-3-5-13(11(2)7-10)16-9-27-19(23-16)17-18(22)26(25-24-17)12-4-6-15(21)14(20)8-12/h3-9H,22H2,1-2H3. The normalized spacial score (nSPS) is 11.1. The Labute approximate surface area is 164 Å². The van der Waals surface area contributed by atoms with Crippen LogP contribution >= 0.6 is 22.9 Å². The Hall–Kier alpha value is -2.77. The van der Waals surface area contributed by atoms with Gasteiger partial charge in [-0.3, -0.25) is 0 Å². The van der Waals surface area contributed by atoms with E-state index in [4.69, 9.17) is 17.3 Å². The van der Waals surface area contributed by atoms with Gasteiger partial charge in [0.15, 0.2) is 11.5 Å². The molecule has 0 bridgehead atoms. The maximum atomic E-state index is 13.4. The minimum Gasteiger partial charge on any atom is -0.382 e. The number of hydrogen-bond acceptors (Lipinski definition) is 5. The van der Waals surface area contributed by atoms with Crippen LogP contribution in [0.1, 0.15) is 11.1 Å². The van der Waals surface area contributed by atoms with Gasteiger partial charge in [-0.25, -0.2) is 9.37 Å². The lowest BCUT2D eigenvalue weighted by atomic mass is 10.0. The number of thiazole rings is 1. The molecule has 0 radical (unpaired) electrons. The summed E-state index contributed by atoms with van der Waals surface area (Å²) in [5.74, 6) is -0.184. The van der Waals surface area contributed by atoms with Gasteiger partial charge < -0.3 is 5.73 Å².